The van der Waals surface area contributed by atoms with Gasteiger partial charge in [-0.15, -0.1) is 0 Å². The number of rotatable bonds is 4. The Morgan fingerprint density at radius 1 is 0.909 bits per heavy atom. The van der Waals surface area contributed by atoms with Gasteiger partial charge in [-0.3, -0.25) is 0 Å². The van der Waals surface area contributed by atoms with Gasteiger partial charge in [-0.1, -0.05) is 72.8 Å². The summed E-state index contributed by atoms with van der Waals surface area (Å²) in [5.74, 6) is 0. The fourth-order valence-corrected chi connectivity index (χ4v) is 3.39. The van der Waals surface area contributed by atoms with Crippen LogP contribution in [0.3, 0.4) is 0 Å². The predicted octanol–water partition coefficient (Wildman–Crippen LogP) is 4.13. The molecule has 110 valence electrons. The van der Waals surface area contributed by atoms with Crippen LogP contribution in [-0.4, -0.2) is 19.8 Å². The van der Waals surface area contributed by atoms with Crippen LogP contribution in [0.25, 0.3) is 10.8 Å². The van der Waals surface area contributed by atoms with Gasteiger partial charge in [0.25, 0.3) is 0 Å². The highest BCUT2D eigenvalue weighted by Gasteiger charge is 2.50. The summed E-state index contributed by atoms with van der Waals surface area (Å²) >= 11 is 0. The van der Waals surface area contributed by atoms with Gasteiger partial charge in [-0.2, -0.15) is 0 Å². The lowest BCUT2D eigenvalue weighted by Crippen LogP contribution is -2.36. The van der Waals surface area contributed by atoms with Crippen molar-refractivity contribution >= 4 is 10.8 Å². The van der Waals surface area contributed by atoms with Crippen LogP contribution in [0.4, 0.5) is 0 Å². The van der Waals surface area contributed by atoms with Gasteiger partial charge in [0, 0.05) is 7.11 Å². The third-order valence-electron chi connectivity index (χ3n) is 4.50. The second kappa shape index (κ2) is 5.24. The third-order valence-corrected chi connectivity index (χ3v) is 4.50. The minimum atomic E-state index is -0.553. The molecule has 0 amide bonds. The smallest absolute Gasteiger partial charge is 0.147 e. The highest BCUT2D eigenvalue weighted by Crippen LogP contribution is 2.45. The zero-order valence-corrected chi connectivity index (χ0v) is 12.5. The molecular formula is C20H18O2. The first-order valence-corrected chi connectivity index (χ1v) is 7.57. The maximum Gasteiger partial charge on any atom is 0.147 e. The minimum absolute atomic E-state index is 0.0608. The lowest BCUT2D eigenvalue weighted by molar-refractivity contribution is -0.00100. The topological polar surface area (TPSA) is 21.8 Å². The van der Waals surface area contributed by atoms with Crippen molar-refractivity contribution in [3.63, 3.8) is 0 Å². The number of hydrogen-bond donors (Lipinski definition) is 0. The Morgan fingerprint density at radius 3 is 2.32 bits per heavy atom. The fourth-order valence-electron chi connectivity index (χ4n) is 3.39. The number of ether oxygens (including phenoxy) is 2. The van der Waals surface area contributed by atoms with E-state index in [1.54, 1.807) is 7.11 Å². The molecule has 4 rings (SSSR count). The Morgan fingerprint density at radius 2 is 1.59 bits per heavy atom. The first-order chi connectivity index (χ1) is 10.9. The molecule has 2 atom stereocenters. The van der Waals surface area contributed by atoms with Gasteiger partial charge in [-0.05, 0) is 21.9 Å². The highest BCUT2D eigenvalue weighted by molar-refractivity contribution is 5.87. The standard InChI is InChI=1S/C20H18O2/c1-21-20(19-14-22-19,16-10-3-2-4-11-16)18-13-7-9-15-8-5-6-12-17(15)18/h2-13,19H,14H2,1H3. The van der Waals surface area contributed by atoms with Crippen LogP contribution in [-0.2, 0) is 15.1 Å². The van der Waals surface area contributed by atoms with Gasteiger partial charge in [0.05, 0.1) is 6.61 Å². The van der Waals surface area contributed by atoms with E-state index in [-0.39, 0.29) is 6.10 Å². The quantitative estimate of drug-likeness (QED) is 0.674. The maximum atomic E-state index is 6.12. The Kier molecular flexibility index (Phi) is 3.21. The second-order valence-corrected chi connectivity index (χ2v) is 5.65. The summed E-state index contributed by atoms with van der Waals surface area (Å²) < 4.78 is 11.8. The van der Waals surface area contributed by atoms with Crippen molar-refractivity contribution < 1.29 is 9.47 Å². The molecule has 0 N–H and O–H groups in total. The third kappa shape index (κ3) is 1.96. The predicted molar refractivity (Wildman–Crippen MR) is 87.9 cm³/mol. The molecule has 1 aliphatic heterocycles. The molecule has 2 nitrogen and oxygen atoms in total. The first kappa shape index (κ1) is 13.5. The number of benzene rings is 3. The Hall–Kier alpha value is -2.16. The van der Waals surface area contributed by atoms with E-state index in [0.29, 0.717) is 0 Å². The molecular weight excluding hydrogens is 272 g/mol. The average molecular weight is 290 g/mol. The molecule has 1 heterocycles. The number of hydrogen-bond acceptors (Lipinski definition) is 2. The van der Waals surface area contributed by atoms with Crippen LogP contribution in [0.5, 0.6) is 0 Å². The van der Waals surface area contributed by atoms with Crippen LogP contribution in [0.2, 0.25) is 0 Å². The summed E-state index contributed by atoms with van der Waals surface area (Å²) in [5.41, 5.74) is 1.75. The van der Waals surface area contributed by atoms with Gasteiger partial charge in [0.2, 0.25) is 0 Å². The molecule has 0 saturated carbocycles. The van der Waals surface area contributed by atoms with Crippen molar-refractivity contribution in [3.8, 4) is 0 Å². The summed E-state index contributed by atoms with van der Waals surface area (Å²) in [5, 5.41) is 2.43. The molecule has 1 aliphatic rings. The van der Waals surface area contributed by atoms with E-state index in [1.807, 2.05) is 6.07 Å². The van der Waals surface area contributed by atoms with Crippen molar-refractivity contribution in [1.82, 2.24) is 0 Å². The van der Waals surface area contributed by atoms with Crippen LogP contribution in [0.15, 0.2) is 72.8 Å². The minimum Gasteiger partial charge on any atom is -0.369 e. The van der Waals surface area contributed by atoms with Gasteiger partial charge in [0.15, 0.2) is 0 Å². The van der Waals surface area contributed by atoms with E-state index < -0.39 is 5.60 Å². The van der Waals surface area contributed by atoms with E-state index in [1.165, 1.54) is 16.3 Å². The Labute approximate surface area is 130 Å². The average Bonchev–Trinajstić information content (AvgIpc) is 3.43. The molecule has 1 fully saturated rings. The van der Waals surface area contributed by atoms with Gasteiger partial charge < -0.3 is 9.47 Å². The van der Waals surface area contributed by atoms with Crippen LogP contribution < -0.4 is 0 Å². The molecule has 2 unspecified atom stereocenters. The Balaban J connectivity index is 2.02. The monoisotopic (exact) mass is 290 g/mol. The summed E-state index contributed by atoms with van der Waals surface area (Å²) in [6.07, 6.45) is 0.0608. The van der Waals surface area contributed by atoms with Gasteiger partial charge >= 0.3 is 0 Å². The van der Waals surface area contributed by atoms with Crippen LogP contribution in [0.1, 0.15) is 11.1 Å². The van der Waals surface area contributed by atoms with Crippen molar-refractivity contribution in [2.75, 3.05) is 13.7 Å². The van der Waals surface area contributed by atoms with Crippen molar-refractivity contribution in [3.05, 3.63) is 83.9 Å². The Bertz CT molecular complexity index is 788. The van der Waals surface area contributed by atoms with Crippen molar-refractivity contribution in [2.24, 2.45) is 0 Å². The molecule has 0 aromatic heterocycles. The van der Waals surface area contributed by atoms with E-state index in [4.69, 9.17) is 9.47 Å². The summed E-state index contributed by atoms with van der Waals surface area (Å²) in [6, 6.07) is 25.2. The number of fused-ring (bicyclic) bond motifs is 1. The van der Waals surface area contributed by atoms with Crippen LogP contribution in [0, 0.1) is 0 Å². The SMILES string of the molecule is COC(c1ccccc1)(c1cccc2ccccc12)C1CO1. The number of epoxide rings is 1. The van der Waals surface area contributed by atoms with E-state index in [0.717, 1.165) is 12.2 Å². The van der Waals surface area contributed by atoms with Gasteiger partial charge in [-0.25, -0.2) is 0 Å². The molecule has 2 heteroatoms. The van der Waals surface area contributed by atoms with E-state index >= 15 is 0 Å². The lowest BCUT2D eigenvalue weighted by atomic mass is 9.81. The summed E-state index contributed by atoms with van der Waals surface area (Å²) in [7, 11) is 1.77. The lowest BCUT2D eigenvalue weighted by Gasteiger charge is -2.33. The summed E-state index contributed by atoms with van der Waals surface area (Å²) in [4.78, 5) is 0. The summed E-state index contributed by atoms with van der Waals surface area (Å²) in [6.45, 7) is 0.728. The fraction of sp³-hybridized carbons (Fsp3) is 0.200. The first-order valence-electron chi connectivity index (χ1n) is 7.57. The molecule has 0 bridgehead atoms. The zero-order valence-electron chi connectivity index (χ0n) is 12.5. The van der Waals surface area contributed by atoms with Crippen molar-refractivity contribution in [2.45, 2.75) is 11.7 Å². The normalized spacial score (nSPS) is 19.8. The second-order valence-electron chi connectivity index (χ2n) is 5.65. The maximum absolute atomic E-state index is 6.12. The number of methoxy groups -OCH3 is 1. The zero-order chi connectivity index (χ0) is 15.0. The molecule has 3 aromatic carbocycles. The van der Waals surface area contributed by atoms with Crippen molar-refractivity contribution in [1.29, 1.82) is 0 Å². The molecule has 0 radical (unpaired) electrons. The molecule has 1 saturated heterocycles. The molecule has 3 aromatic rings. The highest BCUT2D eigenvalue weighted by atomic mass is 16.6. The largest absolute Gasteiger partial charge is 0.369 e. The molecule has 0 spiro atoms. The molecule has 22 heavy (non-hydrogen) atoms. The molecule has 0 aliphatic carbocycles. The van der Waals surface area contributed by atoms with Gasteiger partial charge in [0.1, 0.15) is 11.7 Å². The van der Waals surface area contributed by atoms with E-state index in [9.17, 15) is 0 Å². The van der Waals surface area contributed by atoms with Crippen LogP contribution >= 0.6 is 0 Å². The van der Waals surface area contributed by atoms with E-state index in [2.05, 4.69) is 66.7 Å².